The van der Waals surface area contributed by atoms with Crippen LogP contribution in [-0.4, -0.2) is 25.4 Å². The van der Waals surface area contributed by atoms with Gasteiger partial charge in [0.1, 0.15) is 6.29 Å². The van der Waals surface area contributed by atoms with Crippen molar-refractivity contribution in [2.75, 3.05) is 19.1 Å². The molecule has 1 heterocycles. The van der Waals surface area contributed by atoms with E-state index in [1.807, 2.05) is 0 Å². The summed E-state index contributed by atoms with van der Waals surface area (Å²) in [6, 6.07) is 0. The van der Waals surface area contributed by atoms with Crippen molar-refractivity contribution in [1.29, 1.82) is 0 Å². The van der Waals surface area contributed by atoms with E-state index in [2.05, 4.69) is 0 Å². The summed E-state index contributed by atoms with van der Waals surface area (Å²) in [5.41, 5.74) is -0.200. The summed E-state index contributed by atoms with van der Waals surface area (Å²) in [6.07, 6.45) is 3.68. The molecule has 1 aliphatic heterocycles. The molecule has 0 spiro atoms. The van der Waals surface area contributed by atoms with Crippen LogP contribution < -0.4 is 0 Å². The summed E-state index contributed by atoms with van der Waals surface area (Å²) in [4.78, 5) is 10.7. The van der Waals surface area contributed by atoms with Crippen LogP contribution in [0.5, 0.6) is 0 Å². The Hall–Kier alpha value is -0.0800. The lowest BCUT2D eigenvalue weighted by Gasteiger charge is -2.18. The molecule has 0 aliphatic carbocycles. The summed E-state index contributed by atoms with van der Waals surface area (Å²) in [5, 5.41) is 0. The van der Waals surface area contributed by atoms with Gasteiger partial charge in [-0.25, -0.2) is 0 Å². The smallest absolute Gasteiger partial charge is 0.128 e. The van der Waals surface area contributed by atoms with E-state index in [4.69, 9.17) is 16.3 Å². The van der Waals surface area contributed by atoms with Gasteiger partial charge in [0.2, 0.25) is 0 Å². The maximum absolute atomic E-state index is 10.7. The number of alkyl halides is 1. The highest BCUT2D eigenvalue weighted by atomic mass is 35.5. The molecule has 3 heteroatoms. The van der Waals surface area contributed by atoms with Gasteiger partial charge in [-0.15, -0.1) is 11.6 Å². The van der Waals surface area contributed by atoms with E-state index in [0.717, 1.165) is 32.2 Å². The van der Waals surface area contributed by atoms with Gasteiger partial charge in [-0.3, -0.25) is 0 Å². The van der Waals surface area contributed by atoms with Gasteiger partial charge < -0.3 is 9.53 Å². The Morgan fingerprint density at radius 1 is 1.64 bits per heavy atom. The molecule has 1 unspecified atom stereocenters. The van der Waals surface area contributed by atoms with Gasteiger partial charge in [-0.1, -0.05) is 0 Å². The number of ether oxygens (including phenoxy) is 1. The summed E-state index contributed by atoms with van der Waals surface area (Å²) in [6.45, 7) is 1.31. The van der Waals surface area contributed by atoms with Crippen molar-refractivity contribution in [3.05, 3.63) is 0 Å². The fourth-order valence-electron chi connectivity index (χ4n) is 1.39. The summed E-state index contributed by atoms with van der Waals surface area (Å²) in [7, 11) is 0. The van der Waals surface area contributed by atoms with Crippen molar-refractivity contribution in [3.63, 3.8) is 0 Å². The van der Waals surface area contributed by atoms with Crippen LogP contribution in [0.3, 0.4) is 0 Å². The Balaban J connectivity index is 2.39. The zero-order valence-electron chi connectivity index (χ0n) is 6.51. The van der Waals surface area contributed by atoms with Crippen LogP contribution in [0.1, 0.15) is 19.3 Å². The first-order chi connectivity index (χ1) is 5.33. The fourth-order valence-corrected chi connectivity index (χ4v) is 1.52. The molecule has 1 saturated heterocycles. The summed E-state index contributed by atoms with van der Waals surface area (Å²) in [5.74, 6) is 0.635. The lowest BCUT2D eigenvalue weighted by molar-refractivity contribution is -0.116. The Labute approximate surface area is 71.9 Å². The van der Waals surface area contributed by atoms with E-state index >= 15 is 0 Å². The number of hydrogen-bond donors (Lipinski definition) is 0. The van der Waals surface area contributed by atoms with Crippen molar-refractivity contribution in [3.8, 4) is 0 Å². The molecule has 64 valence electrons. The second kappa shape index (κ2) is 4.07. The highest BCUT2D eigenvalue weighted by Gasteiger charge is 2.33. The van der Waals surface area contributed by atoms with Crippen LogP contribution in [-0.2, 0) is 9.53 Å². The van der Waals surface area contributed by atoms with Crippen molar-refractivity contribution >= 4 is 17.9 Å². The molecule has 1 fully saturated rings. The lowest BCUT2D eigenvalue weighted by atomic mass is 9.84. The molecule has 0 N–H and O–H groups in total. The zero-order valence-corrected chi connectivity index (χ0v) is 7.27. The molecule has 1 rings (SSSR count). The van der Waals surface area contributed by atoms with Crippen molar-refractivity contribution in [1.82, 2.24) is 0 Å². The second-order valence-electron chi connectivity index (χ2n) is 3.08. The average molecular weight is 177 g/mol. The molecule has 0 radical (unpaired) electrons. The Morgan fingerprint density at radius 2 is 2.45 bits per heavy atom. The maximum Gasteiger partial charge on any atom is 0.128 e. The molecular weight excluding hydrogens is 164 g/mol. The number of rotatable bonds is 4. The largest absolute Gasteiger partial charge is 0.380 e. The Morgan fingerprint density at radius 3 is 2.91 bits per heavy atom. The second-order valence-corrected chi connectivity index (χ2v) is 3.45. The maximum atomic E-state index is 10.7. The third-order valence-corrected chi connectivity index (χ3v) is 2.46. The van der Waals surface area contributed by atoms with Gasteiger partial charge in [0.25, 0.3) is 0 Å². The Bertz CT molecular complexity index is 130. The normalized spacial score (nSPS) is 30.6. The highest BCUT2D eigenvalue weighted by molar-refractivity contribution is 6.17. The quantitative estimate of drug-likeness (QED) is 0.481. The summed E-state index contributed by atoms with van der Waals surface area (Å²) < 4.78 is 5.17. The molecule has 0 aromatic heterocycles. The molecule has 0 aromatic rings. The van der Waals surface area contributed by atoms with Gasteiger partial charge in [-0.2, -0.15) is 0 Å². The van der Waals surface area contributed by atoms with Gasteiger partial charge >= 0.3 is 0 Å². The SMILES string of the molecule is O=CC1(CCCCl)CCOC1. The van der Waals surface area contributed by atoms with E-state index in [1.54, 1.807) is 0 Å². The predicted molar refractivity (Wildman–Crippen MR) is 43.9 cm³/mol. The monoisotopic (exact) mass is 176 g/mol. The minimum Gasteiger partial charge on any atom is -0.380 e. The predicted octanol–water partition coefficient (Wildman–Crippen LogP) is 1.61. The third kappa shape index (κ3) is 2.17. The van der Waals surface area contributed by atoms with Gasteiger partial charge in [0.05, 0.1) is 12.0 Å². The standard InChI is InChI=1S/C8H13ClO2/c9-4-1-2-8(6-10)3-5-11-7-8/h6H,1-5,7H2. The molecule has 1 aliphatic rings. The molecular formula is C8H13ClO2. The van der Waals surface area contributed by atoms with E-state index in [-0.39, 0.29) is 5.41 Å². The molecule has 0 bridgehead atoms. The van der Waals surface area contributed by atoms with E-state index in [1.165, 1.54) is 0 Å². The molecule has 2 nitrogen and oxygen atoms in total. The highest BCUT2D eigenvalue weighted by Crippen LogP contribution is 2.31. The molecule has 11 heavy (non-hydrogen) atoms. The van der Waals surface area contributed by atoms with Crippen molar-refractivity contribution in [2.24, 2.45) is 5.41 Å². The van der Waals surface area contributed by atoms with Crippen LogP contribution in [0.2, 0.25) is 0 Å². The summed E-state index contributed by atoms with van der Waals surface area (Å²) >= 11 is 5.54. The number of halogens is 1. The van der Waals surface area contributed by atoms with Gasteiger partial charge in [-0.05, 0) is 19.3 Å². The van der Waals surface area contributed by atoms with Crippen LogP contribution in [0.4, 0.5) is 0 Å². The van der Waals surface area contributed by atoms with E-state index in [0.29, 0.717) is 12.5 Å². The average Bonchev–Trinajstić information content (AvgIpc) is 2.50. The first kappa shape index (κ1) is 9.01. The molecule has 0 saturated carbocycles. The topological polar surface area (TPSA) is 26.3 Å². The fraction of sp³-hybridized carbons (Fsp3) is 0.875. The Kier molecular flexibility index (Phi) is 3.34. The van der Waals surface area contributed by atoms with Crippen molar-refractivity contribution < 1.29 is 9.53 Å². The van der Waals surface area contributed by atoms with E-state index in [9.17, 15) is 4.79 Å². The van der Waals surface area contributed by atoms with Gasteiger partial charge in [0.15, 0.2) is 0 Å². The number of carbonyl (C=O) groups is 1. The first-order valence-electron chi connectivity index (χ1n) is 3.93. The third-order valence-electron chi connectivity index (χ3n) is 2.19. The van der Waals surface area contributed by atoms with Gasteiger partial charge in [0, 0.05) is 12.5 Å². The molecule has 1 atom stereocenters. The lowest BCUT2D eigenvalue weighted by Crippen LogP contribution is -2.22. The minimum atomic E-state index is -0.200. The van der Waals surface area contributed by atoms with E-state index < -0.39 is 0 Å². The minimum absolute atomic E-state index is 0.200. The number of carbonyl (C=O) groups excluding carboxylic acids is 1. The van der Waals surface area contributed by atoms with Crippen LogP contribution in [0.25, 0.3) is 0 Å². The molecule has 0 amide bonds. The number of hydrogen-bond acceptors (Lipinski definition) is 2. The van der Waals surface area contributed by atoms with Crippen molar-refractivity contribution in [2.45, 2.75) is 19.3 Å². The van der Waals surface area contributed by atoms with Crippen LogP contribution >= 0.6 is 11.6 Å². The molecule has 0 aromatic carbocycles. The van der Waals surface area contributed by atoms with Crippen LogP contribution in [0.15, 0.2) is 0 Å². The zero-order chi connectivity index (χ0) is 8.16. The van der Waals surface area contributed by atoms with Crippen LogP contribution in [0, 0.1) is 5.41 Å². The number of aldehydes is 1. The first-order valence-corrected chi connectivity index (χ1v) is 4.46.